The van der Waals surface area contributed by atoms with E-state index in [0.29, 0.717) is 26.4 Å². The fourth-order valence-electron chi connectivity index (χ4n) is 4.61. The molecule has 0 bridgehead atoms. The van der Waals surface area contributed by atoms with Crippen molar-refractivity contribution in [2.75, 3.05) is 14.2 Å². The zero-order valence-electron chi connectivity index (χ0n) is 21.2. The lowest BCUT2D eigenvalue weighted by Gasteiger charge is -2.24. The summed E-state index contributed by atoms with van der Waals surface area (Å²) in [5.74, 6) is 0.157. The van der Waals surface area contributed by atoms with Crippen LogP contribution in [-0.2, 0) is 9.53 Å². The predicted octanol–water partition coefficient (Wildman–Crippen LogP) is 3.22. The molecule has 8 nitrogen and oxygen atoms in total. The molecule has 1 aliphatic rings. The zero-order chi connectivity index (χ0) is 26.3. The Morgan fingerprint density at radius 3 is 2.38 bits per heavy atom. The lowest BCUT2D eigenvalue weighted by Crippen LogP contribution is -2.39. The molecule has 4 aromatic rings. The predicted molar refractivity (Wildman–Crippen MR) is 142 cm³/mol. The van der Waals surface area contributed by atoms with E-state index in [9.17, 15) is 9.59 Å². The molecule has 3 heterocycles. The highest BCUT2D eigenvalue weighted by Crippen LogP contribution is 2.31. The van der Waals surface area contributed by atoms with Gasteiger partial charge in [-0.15, -0.1) is 0 Å². The Balaban J connectivity index is 1.70. The molecule has 1 aliphatic heterocycles. The van der Waals surface area contributed by atoms with Gasteiger partial charge < -0.3 is 9.47 Å². The molecule has 9 heteroatoms. The van der Waals surface area contributed by atoms with Crippen LogP contribution < -0.4 is 19.6 Å². The van der Waals surface area contributed by atoms with Crippen molar-refractivity contribution < 1.29 is 14.3 Å². The molecule has 0 amide bonds. The molecule has 0 fully saturated rings. The summed E-state index contributed by atoms with van der Waals surface area (Å²) in [7, 11) is 2.92. The largest absolute Gasteiger partial charge is 0.497 e. The Labute approximate surface area is 217 Å². The molecular formula is C28H26N4O4S. The quantitative estimate of drug-likeness (QED) is 0.382. The number of thiazole rings is 1. The first-order valence-corrected chi connectivity index (χ1v) is 12.5. The smallest absolute Gasteiger partial charge is 0.338 e. The number of hydrogen-bond donors (Lipinski definition) is 0. The maximum Gasteiger partial charge on any atom is 0.338 e. The number of carbonyl (C=O) groups excluding carboxylic acids is 1. The van der Waals surface area contributed by atoms with Crippen LogP contribution in [0.1, 0.15) is 35.5 Å². The van der Waals surface area contributed by atoms with Gasteiger partial charge in [-0.2, -0.15) is 5.10 Å². The third-order valence-corrected chi connectivity index (χ3v) is 7.46. The molecular weight excluding hydrogens is 488 g/mol. The molecule has 0 saturated carbocycles. The Morgan fingerprint density at radius 1 is 1.03 bits per heavy atom. The fourth-order valence-corrected chi connectivity index (χ4v) is 5.64. The van der Waals surface area contributed by atoms with E-state index in [1.807, 2.05) is 67.1 Å². The minimum Gasteiger partial charge on any atom is -0.497 e. The summed E-state index contributed by atoms with van der Waals surface area (Å²) in [5, 5.41) is 4.70. The maximum absolute atomic E-state index is 13.8. The number of aryl methyl sites for hydroxylation is 1. The van der Waals surface area contributed by atoms with Crippen molar-refractivity contribution in [1.29, 1.82) is 0 Å². The summed E-state index contributed by atoms with van der Waals surface area (Å²) < 4.78 is 14.3. The van der Waals surface area contributed by atoms with Gasteiger partial charge in [0.15, 0.2) is 4.80 Å². The molecule has 5 rings (SSSR count). The van der Waals surface area contributed by atoms with E-state index in [1.54, 1.807) is 30.7 Å². The minimum absolute atomic E-state index is 0.232. The summed E-state index contributed by atoms with van der Waals surface area (Å²) in [6, 6.07) is 16.5. The average molecular weight is 515 g/mol. The lowest BCUT2D eigenvalue weighted by molar-refractivity contribution is -0.136. The number of para-hydroxylation sites is 1. The molecule has 0 radical (unpaired) electrons. The number of methoxy groups -OCH3 is 2. The number of benzene rings is 2. The standard InChI is InChI=1S/C28H26N4O4S/c1-16-22(18(3)32(30-16)20-9-7-6-8-10-20)15-23-26(33)31-25(19-11-13-21(35-4)14-12-19)24(27(34)36-5)17(2)29-28(31)37-23/h6-15,25H,1-5H3/b23-15+. The highest BCUT2D eigenvalue weighted by atomic mass is 32.1. The number of hydrogen-bond acceptors (Lipinski definition) is 7. The van der Waals surface area contributed by atoms with E-state index in [0.717, 1.165) is 28.2 Å². The summed E-state index contributed by atoms with van der Waals surface area (Å²) in [5.41, 5.74) is 4.93. The van der Waals surface area contributed by atoms with Gasteiger partial charge in [0.25, 0.3) is 5.56 Å². The number of esters is 1. The Bertz CT molecular complexity index is 1710. The first kappa shape index (κ1) is 24.5. The van der Waals surface area contributed by atoms with Crippen LogP contribution in [0.2, 0.25) is 0 Å². The van der Waals surface area contributed by atoms with Crippen LogP contribution in [0.25, 0.3) is 11.8 Å². The van der Waals surface area contributed by atoms with Crippen molar-refractivity contribution >= 4 is 23.4 Å². The van der Waals surface area contributed by atoms with Crippen molar-refractivity contribution in [3.63, 3.8) is 0 Å². The molecule has 1 atom stereocenters. The van der Waals surface area contributed by atoms with E-state index in [-0.39, 0.29) is 5.56 Å². The van der Waals surface area contributed by atoms with Crippen LogP contribution in [0.15, 0.2) is 75.7 Å². The molecule has 37 heavy (non-hydrogen) atoms. The number of ether oxygens (including phenoxy) is 2. The first-order chi connectivity index (χ1) is 17.8. The topological polar surface area (TPSA) is 87.7 Å². The molecule has 188 valence electrons. The summed E-state index contributed by atoms with van der Waals surface area (Å²) in [6.45, 7) is 5.67. The highest BCUT2D eigenvalue weighted by Gasteiger charge is 2.33. The normalized spacial score (nSPS) is 15.4. The van der Waals surface area contributed by atoms with E-state index >= 15 is 0 Å². The van der Waals surface area contributed by atoms with Crippen LogP contribution in [-0.4, -0.2) is 34.5 Å². The SMILES string of the molecule is COC(=O)C1=C(C)N=c2s/c(=C/c3c(C)nn(-c4ccccc4)c3C)c(=O)n2C1c1ccc(OC)cc1. The van der Waals surface area contributed by atoms with Crippen LogP contribution in [0, 0.1) is 13.8 Å². The van der Waals surface area contributed by atoms with E-state index in [2.05, 4.69) is 4.99 Å². The number of allylic oxidation sites excluding steroid dienone is 1. The van der Waals surface area contributed by atoms with Gasteiger partial charge in [-0.05, 0) is 56.7 Å². The molecule has 0 saturated heterocycles. The monoisotopic (exact) mass is 514 g/mol. The number of rotatable bonds is 5. The Morgan fingerprint density at radius 2 is 1.73 bits per heavy atom. The van der Waals surface area contributed by atoms with Gasteiger partial charge in [0.2, 0.25) is 0 Å². The maximum atomic E-state index is 13.8. The van der Waals surface area contributed by atoms with Crippen LogP contribution in [0.5, 0.6) is 5.75 Å². The van der Waals surface area contributed by atoms with Crippen molar-refractivity contribution in [2.24, 2.45) is 4.99 Å². The average Bonchev–Trinajstić information content (AvgIpc) is 3.38. The molecule has 0 N–H and O–H groups in total. The van der Waals surface area contributed by atoms with Crippen molar-refractivity contribution in [1.82, 2.24) is 14.3 Å². The van der Waals surface area contributed by atoms with Crippen molar-refractivity contribution in [2.45, 2.75) is 26.8 Å². The number of aromatic nitrogens is 3. The lowest BCUT2D eigenvalue weighted by atomic mass is 9.96. The number of carbonyl (C=O) groups is 1. The van der Waals surface area contributed by atoms with Gasteiger partial charge in [0, 0.05) is 11.3 Å². The minimum atomic E-state index is -0.675. The van der Waals surface area contributed by atoms with Crippen LogP contribution in [0.4, 0.5) is 0 Å². The van der Waals surface area contributed by atoms with Gasteiger partial charge in [-0.1, -0.05) is 41.7 Å². The van der Waals surface area contributed by atoms with E-state index in [4.69, 9.17) is 14.6 Å². The van der Waals surface area contributed by atoms with Crippen LogP contribution >= 0.6 is 11.3 Å². The van der Waals surface area contributed by atoms with Gasteiger partial charge in [0.1, 0.15) is 5.75 Å². The van der Waals surface area contributed by atoms with Gasteiger partial charge >= 0.3 is 5.97 Å². The van der Waals surface area contributed by atoms with Crippen LogP contribution in [0.3, 0.4) is 0 Å². The third kappa shape index (κ3) is 4.21. The summed E-state index contributed by atoms with van der Waals surface area (Å²) >= 11 is 1.29. The Hall–Kier alpha value is -4.24. The Kier molecular flexibility index (Phi) is 6.39. The van der Waals surface area contributed by atoms with Crippen molar-refractivity contribution in [3.05, 3.63) is 108 Å². The number of fused-ring (bicyclic) bond motifs is 1. The number of nitrogens with zero attached hydrogens (tertiary/aromatic N) is 4. The van der Waals surface area contributed by atoms with Gasteiger partial charge in [0.05, 0.1) is 47.4 Å². The zero-order valence-corrected chi connectivity index (χ0v) is 22.0. The van der Waals surface area contributed by atoms with E-state index in [1.165, 1.54) is 18.4 Å². The summed E-state index contributed by atoms with van der Waals surface area (Å²) in [6.07, 6.45) is 1.86. The second-order valence-corrected chi connectivity index (χ2v) is 9.69. The van der Waals surface area contributed by atoms with Crippen molar-refractivity contribution in [3.8, 4) is 11.4 Å². The molecule has 0 spiro atoms. The molecule has 2 aromatic heterocycles. The fraction of sp³-hybridized carbons (Fsp3) is 0.214. The second-order valence-electron chi connectivity index (χ2n) is 8.68. The molecule has 2 aromatic carbocycles. The van der Waals surface area contributed by atoms with E-state index < -0.39 is 12.0 Å². The second kappa shape index (κ2) is 9.67. The van der Waals surface area contributed by atoms with Gasteiger partial charge in [-0.3, -0.25) is 9.36 Å². The molecule has 1 unspecified atom stereocenters. The highest BCUT2D eigenvalue weighted by molar-refractivity contribution is 7.07. The third-order valence-electron chi connectivity index (χ3n) is 6.48. The summed E-state index contributed by atoms with van der Waals surface area (Å²) in [4.78, 5) is 31.8. The first-order valence-electron chi connectivity index (χ1n) is 11.7. The molecule has 0 aliphatic carbocycles. The van der Waals surface area contributed by atoms with Gasteiger partial charge in [-0.25, -0.2) is 14.5 Å².